The SMILES string of the molecule is CCOC(=O)C(F)(F)[C@H](N)c1ccc(OC(C)=O)cc1. The second kappa shape index (κ2) is 6.42. The van der Waals surface area contributed by atoms with E-state index in [2.05, 4.69) is 4.74 Å². The van der Waals surface area contributed by atoms with Crippen LogP contribution in [0.4, 0.5) is 8.78 Å². The van der Waals surface area contributed by atoms with Crippen LogP contribution in [0.25, 0.3) is 0 Å². The van der Waals surface area contributed by atoms with Gasteiger partial charge >= 0.3 is 17.9 Å². The van der Waals surface area contributed by atoms with Gasteiger partial charge in [0, 0.05) is 6.92 Å². The summed E-state index contributed by atoms with van der Waals surface area (Å²) in [5.41, 5.74) is 5.42. The summed E-state index contributed by atoms with van der Waals surface area (Å²) in [4.78, 5) is 21.9. The number of carbonyl (C=O) groups excluding carboxylic acids is 2. The second-order valence-corrected chi connectivity index (χ2v) is 3.98. The molecular weight excluding hydrogens is 272 g/mol. The number of benzene rings is 1. The molecule has 0 spiro atoms. The van der Waals surface area contributed by atoms with Gasteiger partial charge in [0.15, 0.2) is 0 Å². The molecule has 0 unspecified atom stereocenters. The van der Waals surface area contributed by atoms with Gasteiger partial charge in [0.25, 0.3) is 0 Å². The number of hydrogen-bond acceptors (Lipinski definition) is 5. The fraction of sp³-hybridized carbons (Fsp3) is 0.385. The number of esters is 2. The minimum absolute atomic E-state index is 0.0268. The molecule has 0 aliphatic rings. The Kier molecular flexibility index (Phi) is 5.15. The molecule has 0 fully saturated rings. The van der Waals surface area contributed by atoms with Crippen LogP contribution in [0.2, 0.25) is 0 Å². The van der Waals surface area contributed by atoms with Crippen molar-refractivity contribution in [3.63, 3.8) is 0 Å². The van der Waals surface area contributed by atoms with E-state index in [0.717, 1.165) is 0 Å². The number of nitrogens with two attached hydrogens (primary N) is 1. The van der Waals surface area contributed by atoms with E-state index < -0.39 is 23.9 Å². The van der Waals surface area contributed by atoms with Crippen molar-refractivity contribution in [1.82, 2.24) is 0 Å². The van der Waals surface area contributed by atoms with Crippen molar-refractivity contribution in [2.24, 2.45) is 5.73 Å². The van der Waals surface area contributed by atoms with E-state index in [4.69, 9.17) is 10.5 Å². The van der Waals surface area contributed by atoms with E-state index in [0.29, 0.717) is 0 Å². The third-order valence-electron chi connectivity index (χ3n) is 2.44. The zero-order chi connectivity index (χ0) is 15.3. The fourth-order valence-electron chi connectivity index (χ4n) is 1.47. The molecule has 0 aromatic heterocycles. The molecule has 20 heavy (non-hydrogen) atoms. The summed E-state index contributed by atoms with van der Waals surface area (Å²) in [7, 11) is 0. The Hall–Kier alpha value is -2.02. The average Bonchev–Trinajstić information content (AvgIpc) is 2.38. The van der Waals surface area contributed by atoms with Crippen molar-refractivity contribution in [2.75, 3.05) is 6.61 Å². The van der Waals surface area contributed by atoms with Crippen LogP contribution in [0.5, 0.6) is 5.75 Å². The van der Waals surface area contributed by atoms with Crippen LogP contribution in [-0.4, -0.2) is 24.5 Å². The molecule has 0 heterocycles. The van der Waals surface area contributed by atoms with Gasteiger partial charge in [0.1, 0.15) is 11.8 Å². The molecule has 7 heteroatoms. The largest absolute Gasteiger partial charge is 0.462 e. The average molecular weight is 287 g/mol. The van der Waals surface area contributed by atoms with Gasteiger partial charge in [0.05, 0.1) is 6.61 Å². The number of carbonyl (C=O) groups is 2. The summed E-state index contributed by atoms with van der Waals surface area (Å²) in [6.45, 7) is 2.48. The van der Waals surface area contributed by atoms with E-state index in [9.17, 15) is 18.4 Å². The van der Waals surface area contributed by atoms with E-state index in [1.807, 2.05) is 0 Å². The Labute approximate surface area is 114 Å². The number of halogens is 2. The van der Waals surface area contributed by atoms with E-state index in [-0.39, 0.29) is 17.9 Å². The molecule has 0 amide bonds. The van der Waals surface area contributed by atoms with E-state index in [1.165, 1.54) is 38.1 Å². The first-order chi connectivity index (χ1) is 9.28. The Morgan fingerprint density at radius 3 is 2.30 bits per heavy atom. The van der Waals surface area contributed by atoms with Gasteiger partial charge in [-0.2, -0.15) is 8.78 Å². The maximum atomic E-state index is 13.7. The van der Waals surface area contributed by atoms with Gasteiger partial charge in [-0.05, 0) is 24.6 Å². The molecule has 5 nitrogen and oxygen atoms in total. The summed E-state index contributed by atoms with van der Waals surface area (Å²) in [5.74, 6) is -5.83. The topological polar surface area (TPSA) is 78.6 Å². The van der Waals surface area contributed by atoms with Crippen molar-refractivity contribution in [3.8, 4) is 5.75 Å². The summed E-state index contributed by atoms with van der Waals surface area (Å²) in [6.07, 6.45) is 0. The van der Waals surface area contributed by atoms with Gasteiger partial charge in [-0.25, -0.2) is 4.79 Å². The highest BCUT2D eigenvalue weighted by Gasteiger charge is 2.47. The molecule has 0 aliphatic heterocycles. The standard InChI is InChI=1S/C13H15F2NO4/c1-3-19-12(18)13(14,15)11(16)9-4-6-10(7-5-9)20-8(2)17/h4-7,11H,3,16H2,1-2H3/t11-/m1/s1. The Balaban J connectivity index is 2.88. The lowest BCUT2D eigenvalue weighted by atomic mass is 10.0. The monoisotopic (exact) mass is 287 g/mol. The third-order valence-corrected chi connectivity index (χ3v) is 2.44. The molecular formula is C13H15F2NO4. The van der Waals surface area contributed by atoms with Crippen LogP contribution in [-0.2, 0) is 14.3 Å². The zero-order valence-electron chi connectivity index (χ0n) is 11.1. The molecule has 2 N–H and O–H groups in total. The fourth-order valence-corrected chi connectivity index (χ4v) is 1.47. The lowest BCUT2D eigenvalue weighted by Crippen LogP contribution is -2.41. The quantitative estimate of drug-likeness (QED) is 0.660. The van der Waals surface area contributed by atoms with Crippen LogP contribution in [0.3, 0.4) is 0 Å². The van der Waals surface area contributed by atoms with Gasteiger partial charge in [-0.1, -0.05) is 12.1 Å². The molecule has 0 bridgehead atoms. The minimum Gasteiger partial charge on any atom is -0.462 e. The predicted molar refractivity (Wildman–Crippen MR) is 66.3 cm³/mol. The molecule has 0 saturated carbocycles. The summed E-state index contributed by atoms with van der Waals surface area (Å²) >= 11 is 0. The first kappa shape index (κ1) is 16.0. The molecule has 1 rings (SSSR count). The van der Waals surface area contributed by atoms with Crippen molar-refractivity contribution in [1.29, 1.82) is 0 Å². The first-order valence-corrected chi connectivity index (χ1v) is 5.88. The zero-order valence-corrected chi connectivity index (χ0v) is 11.1. The number of rotatable bonds is 5. The van der Waals surface area contributed by atoms with Crippen molar-refractivity contribution in [2.45, 2.75) is 25.8 Å². The first-order valence-electron chi connectivity index (χ1n) is 5.88. The normalized spacial score (nSPS) is 12.7. The Bertz CT molecular complexity index is 488. The molecule has 0 aliphatic carbocycles. The summed E-state index contributed by atoms with van der Waals surface area (Å²) < 4.78 is 36.5. The van der Waals surface area contributed by atoms with E-state index in [1.54, 1.807) is 0 Å². The van der Waals surface area contributed by atoms with Gasteiger partial charge in [0.2, 0.25) is 0 Å². The second-order valence-electron chi connectivity index (χ2n) is 3.98. The minimum atomic E-state index is -3.83. The lowest BCUT2D eigenvalue weighted by molar-refractivity contribution is -0.174. The van der Waals surface area contributed by atoms with Crippen LogP contribution >= 0.6 is 0 Å². The molecule has 1 aromatic carbocycles. The van der Waals surface area contributed by atoms with Crippen LogP contribution in [0.1, 0.15) is 25.5 Å². The Morgan fingerprint density at radius 1 is 1.30 bits per heavy atom. The number of ether oxygens (including phenoxy) is 2. The van der Waals surface area contributed by atoms with Crippen molar-refractivity contribution >= 4 is 11.9 Å². The highest BCUT2D eigenvalue weighted by Crippen LogP contribution is 2.31. The summed E-state index contributed by atoms with van der Waals surface area (Å²) in [5, 5.41) is 0. The molecule has 110 valence electrons. The highest BCUT2D eigenvalue weighted by atomic mass is 19.3. The molecule has 1 aromatic rings. The van der Waals surface area contributed by atoms with Crippen molar-refractivity contribution < 1.29 is 27.8 Å². The molecule has 0 saturated heterocycles. The predicted octanol–water partition coefficient (Wildman–Crippen LogP) is 1.81. The number of alkyl halides is 2. The van der Waals surface area contributed by atoms with Gasteiger partial charge < -0.3 is 15.2 Å². The highest BCUT2D eigenvalue weighted by molar-refractivity contribution is 5.79. The maximum absolute atomic E-state index is 13.7. The molecule has 0 radical (unpaired) electrons. The third kappa shape index (κ3) is 3.74. The smallest absolute Gasteiger partial charge is 0.379 e. The molecule has 1 atom stereocenters. The number of hydrogen-bond donors (Lipinski definition) is 1. The lowest BCUT2D eigenvalue weighted by Gasteiger charge is -2.21. The summed E-state index contributed by atoms with van der Waals surface area (Å²) in [6, 6.07) is 3.31. The van der Waals surface area contributed by atoms with E-state index >= 15 is 0 Å². The van der Waals surface area contributed by atoms with Gasteiger partial charge in [-0.3, -0.25) is 4.79 Å². The van der Waals surface area contributed by atoms with Gasteiger partial charge in [-0.15, -0.1) is 0 Å². The van der Waals surface area contributed by atoms with Crippen LogP contribution in [0.15, 0.2) is 24.3 Å². The van der Waals surface area contributed by atoms with Crippen LogP contribution < -0.4 is 10.5 Å². The van der Waals surface area contributed by atoms with Crippen molar-refractivity contribution in [3.05, 3.63) is 29.8 Å². The maximum Gasteiger partial charge on any atom is 0.379 e. The Morgan fingerprint density at radius 2 is 1.85 bits per heavy atom. The van der Waals surface area contributed by atoms with Crippen LogP contribution in [0, 0.1) is 0 Å².